The molecule has 9 nitrogen and oxygen atoms in total. The van der Waals surface area contributed by atoms with Crippen molar-refractivity contribution in [3.8, 4) is 45.0 Å². The fourth-order valence-electron chi connectivity index (χ4n) is 16.0. The molecular formula is C83H52N8OS2. The molecule has 442 valence electrons. The van der Waals surface area contributed by atoms with Crippen LogP contribution in [0, 0.1) is 5.92 Å². The van der Waals surface area contributed by atoms with Gasteiger partial charge >= 0.3 is 0 Å². The van der Waals surface area contributed by atoms with E-state index in [-0.39, 0.29) is 5.56 Å². The number of benzene rings is 12. The van der Waals surface area contributed by atoms with Crippen molar-refractivity contribution in [1.82, 2.24) is 32.6 Å². The largest absolute Gasteiger partial charge is 0.318 e. The zero-order chi connectivity index (χ0) is 61.6. The SMILES string of the molecule is CC1CC=CC2=C1N1Cc3ccc(-n4c5ccccc5c5ccc6c7c(-c8cccc(-n9c%10ccccc%10c%10cc(-c%11ccc%12c(c%11)c%11ccccc%11n%12-c%11ccc%12sc%13nc%14ccccc%14c(=O)n%13c%12c%11)ccc%109)c8)cccc7n(-c7ccccc7)c6c54)cc3N=C1S2. The van der Waals surface area contributed by atoms with Gasteiger partial charge in [-0.25, -0.2) is 9.98 Å². The van der Waals surface area contributed by atoms with Crippen molar-refractivity contribution < 1.29 is 0 Å². The van der Waals surface area contributed by atoms with Gasteiger partial charge in [0.25, 0.3) is 5.56 Å². The third kappa shape index (κ3) is 7.33. The van der Waals surface area contributed by atoms with E-state index in [0.29, 0.717) is 21.8 Å². The molecule has 12 aromatic carbocycles. The van der Waals surface area contributed by atoms with Gasteiger partial charge < -0.3 is 23.2 Å². The van der Waals surface area contributed by atoms with Crippen LogP contribution in [0.3, 0.4) is 0 Å². The molecule has 3 aliphatic rings. The van der Waals surface area contributed by atoms with Gasteiger partial charge in [0, 0.05) is 82.4 Å². The Kier molecular flexibility index (Phi) is 10.8. The first kappa shape index (κ1) is 52.2. The van der Waals surface area contributed by atoms with Crippen LogP contribution in [0.4, 0.5) is 5.69 Å². The molecule has 1 atom stereocenters. The van der Waals surface area contributed by atoms with Crippen LogP contribution in [0.2, 0.25) is 0 Å². The number of hydrogen-bond donors (Lipinski definition) is 0. The summed E-state index contributed by atoms with van der Waals surface area (Å²) < 4.78 is 12.6. The van der Waals surface area contributed by atoms with Gasteiger partial charge in [-0.05, 0) is 161 Å². The summed E-state index contributed by atoms with van der Waals surface area (Å²) in [5.41, 5.74) is 23.2. The highest BCUT2D eigenvalue weighted by Crippen LogP contribution is 2.50. The molecule has 1 unspecified atom stereocenters. The highest BCUT2D eigenvalue weighted by molar-refractivity contribution is 8.17. The number of aromatic nitrogens is 6. The molecule has 0 radical (unpaired) electrons. The minimum atomic E-state index is -0.0497. The zero-order valence-corrected chi connectivity index (χ0v) is 52.3. The van der Waals surface area contributed by atoms with Gasteiger partial charge in [0.15, 0.2) is 10.1 Å². The summed E-state index contributed by atoms with van der Waals surface area (Å²) in [6, 6.07) is 92.8. The zero-order valence-electron chi connectivity index (χ0n) is 50.7. The molecule has 0 amide bonds. The molecule has 0 saturated carbocycles. The Morgan fingerprint density at radius 3 is 1.81 bits per heavy atom. The standard InChI is InChI=1S/C83H52N8OS2/c1-48-16-13-31-76-78(48)86-47-52-32-35-55(45-67(52)85-82(86)94-76)90-70-29-12-6-21-58(70)61-37-38-63-77-57(25-15-30-73(77)89(80(63)79(61)90)53-18-3-2-4-19-53)51-17-14-20-54(42-51)87-68-27-10-7-22-59(68)64-43-49(33-39-71(64)87)50-34-40-72-65(44-50)60-23-8-11-28-69(60)88(72)56-36-41-75-74(46-56)91-81(92)62-24-5-9-26-66(62)84-83(91)93-75/h2-15,17-46,48H,16,47H2,1H3. The van der Waals surface area contributed by atoms with Gasteiger partial charge in [-0.2, -0.15) is 0 Å². The summed E-state index contributed by atoms with van der Waals surface area (Å²) in [4.78, 5) is 28.9. The lowest BCUT2D eigenvalue weighted by Crippen LogP contribution is -2.29. The number of fused-ring (bicyclic) bond motifs is 20. The quantitative estimate of drug-likeness (QED) is 0.166. The van der Waals surface area contributed by atoms with Crippen LogP contribution < -0.4 is 5.56 Å². The summed E-state index contributed by atoms with van der Waals surface area (Å²) in [7, 11) is 0. The third-order valence-corrected chi connectivity index (χ3v) is 22.2. The molecule has 11 heteroatoms. The molecule has 18 aromatic rings. The average molecular weight is 1240 g/mol. The van der Waals surface area contributed by atoms with Crippen LogP contribution in [0.1, 0.15) is 18.9 Å². The molecule has 6 aromatic heterocycles. The first-order valence-electron chi connectivity index (χ1n) is 32.1. The van der Waals surface area contributed by atoms with E-state index in [4.69, 9.17) is 9.98 Å². The molecule has 0 saturated heterocycles. The first-order chi connectivity index (χ1) is 46.4. The fourth-order valence-corrected chi connectivity index (χ4v) is 18.2. The molecule has 0 bridgehead atoms. The number of para-hydroxylation sites is 5. The van der Waals surface area contributed by atoms with Crippen molar-refractivity contribution in [2.45, 2.75) is 19.9 Å². The number of thioether (sulfide) groups is 1. The molecular weight excluding hydrogens is 1190 g/mol. The maximum absolute atomic E-state index is 14.0. The molecule has 8 heterocycles. The van der Waals surface area contributed by atoms with Crippen molar-refractivity contribution >= 4 is 147 Å². The number of allylic oxidation sites excluding steroid dienone is 3. The predicted molar refractivity (Wildman–Crippen MR) is 393 cm³/mol. The topological polar surface area (TPSA) is 69.7 Å². The van der Waals surface area contributed by atoms with E-state index in [1.54, 1.807) is 15.7 Å². The number of aliphatic imine (C=N–C) groups is 1. The van der Waals surface area contributed by atoms with Crippen LogP contribution in [-0.4, -0.2) is 37.7 Å². The number of nitrogens with zero attached hydrogens (tertiary/aromatic N) is 8. The van der Waals surface area contributed by atoms with Gasteiger partial charge in [0.05, 0.1) is 77.5 Å². The fraction of sp³-hybridized carbons (Fsp3) is 0.0482. The molecule has 0 N–H and O–H groups in total. The highest BCUT2D eigenvalue weighted by atomic mass is 32.2. The van der Waals surface area contributed by atoms with Crippen molar-refractivity contribution in [2.75, 3.05) is 0 Å². The molecule has 94 heavy (non-hydrogen) atoms. The maximum atomic E-state index is 14.0. The maximum Gasteiger partial charge on any atom is 0.266 e. The van der Waals surface area contributed by atoms with Crippen LogP contribution in [0.15, 0.2) is 287 Å². The molecule has 2 aliphatic heterocycles. The Morgan fingerprint density at radius 1 is 0.447 bits per heavy atom. The van der Waals surface area contributed by atoms with E-state index in [1.165, 1.54) is 64.9 Å². The van der Waals surface area contributed by atoms with Crippen molar-refractivity contribution in [3.63, 3.8) is 0 Å². The van der Waals surface area contributed by atoms with Crippen LogP contribution in [-0.2, 0) is 6.54 Å². The Hall–Kier alpha value is -11.5. The predicted octanol–water partition coefficient (Wildman–Crippen LogP) is 21.1. The van der Waals surface area contributed by atoms with Gasteiger partial charge in [0.1, 0.15) is 0 Å². The van der Waals surface area contributed by atoms with E-state index >= 15 is 0 Å². The molecule has 1 aliphatic carbocycles. The van der Waals surface area contributed by atoms with E-state index in [9.17, 15) is 4.79 Å². The second-order valence-electron chi connectivity index (χ2n) is 25.3. The summed E-state index contributed by atoms with van der Waals surface area (Å²) in [6.07, 6.45) is 5.66. The van der Waals surface area contributed by atoms with E-state index < -0.39 is 0 Å². The van der Waals surface area contributed by atoms with Gasteiger partial charge in [-0.3, -0.25) is 9.20 Å². The normalized spacial score (nSPS) is 14.8. The Morgan fingerprint density at radius 2 is 1.04 bits per heavy atom. The summed E-state index contributed by atoms with van der Waals surface area (Å²) in [5, 5.41) is 11.2. The lowest BCUT2D eigenvalue weighted by atomic mass is 9.97. The van der Waals surface area contributed by atoms with E-state index in [2.05, 4.69) is 273 Å². The average Bonchev–Trinajstić information content (AvgIpc) is 1.54. The second-order valence-corrected chi connectivity index (χ2v) is 27.3. The number of hydrogen-bond acceptors (Lipinski definition) is 6. The minimum absolute atomic E-state index is 0.0497. The Labute approximate surface area is 545 Å². The van der Waals surface area contributed by atoms with Gasteiger partial charge in [-0.1, -0.05) is 170 Å². The number of thiazole rings is 1. The lowest BCUT2D eigenvalue weighted by molar-refractivity contribution is 0.437. The summed E-state index contributed by atoms with van der Waals surface area (Å²) in [6.45, 7) is 3.16. The van der Waals surface area contributed by atoms with Crippen LogP contribution in [0.5, 0.6) is 0 Å². The number of rotatable bonds is 6. The lowest BCUT2D eigenvalue weighted by Gasteiger charge is -2.30. The second kappa shape index (κ2) is 19.5. The van der Waals surface area contributed by atoms with Crippen LogP contribution >= 0.6 is 23.1 Å². The minimum Gasteiger partial charge on any atom is -0.318 e. The monoisotopic (exact) mass is 1240 g/mol. The first-order valence-corrected chi connectivity index (χ1v) is 33.7. The Balaban J connectivity index is 0.699. The van der Waals surface area contributed by atoms with Gasteiger partial charge in [-0.15, -0.1) is 0 Å². The Bertz CT molecular complexity index is 6580. The van der Waals surface area contributed by atoms with Crippen molar-refractivity contribution in [3.05, 3.63) is 293 Å². The van der Waals surface area contributed by atoms with Crippen molar-refractivity contribution in [2.24, 2.45) is 10.9 Å². The third-order valence-electron chi connectivity index (χ3n) is 20.2. The number of amidine groups is 1. The smallest absolute Gasteiger partial charge is 0.266 e. The van der Waals surface area contributed by atoms with Crippen LogP contribution in [0.25, 0.3) is 158 Å². The van der Waals surface area contributed by atoms with E-state index in [0.717, 1.165) is 117 Å². The van der Waals surface area contributed by atoms with Crippen molar-refractivity contribution in [1.29, 1.82) is 0 Å². The summed E-state index contributed by atoms with van der Waals surface area (Å²) >= 11 is 3.35. The van der Waals surface area contributed by atoms with Gasteiger partial charge in [0.2, 0.25) is 0 Å². The highest BCUT2D eigenvalue weighted by Gasteiger charge is 2.36. The molecule has 21 rings (SSSR count). The molecule has 0 spiro atoms. The molecule has 0 fully saturated rings. The summed E-state index contributed by atoms with van der Waals surface area (Å²) in [5.74, 6) is 0.468. The van der Waals surface area contributed by atoms with E-state index in [1.807, 2.05) is 36.0 Å².